The molecule has 162 valence electrons. The van der Waals surface area contributed by atoms with Gasteiger partial charge in [-0.25, -0.2) is 4.98 Å². The number of nitrogens with zero attached hydrogens (tertiary/aromatic N) is 2. The fraction of sp³-hybridized carbons (Fsp3) is 0.160. The van der Waals surface area contributed by atoms with Crippen molar-refractivity contribution in [1.82, 2.24) is 4.98 Å². The minimum Gasteiger partial charge on any atom is -0.481 e. The number of rotatable bonds is 8. The van der Waals surface area contributed by atoms with Gasteiger partial charge in [-0.15, -0.1) is 11.3 Å². The predicted octanol–water partition coefficient (Wildman–Crippen LogP) is 5.37. The van der Waals surface area contributed by atoms with Crippen LogP contribution in [0, 0.1) is 5.92 Å². The number of aliphatic carboxylic acids is 1. The molecule has 1 N–H and O–H groups in total. The van der Waals surface area contributed by atoms with Crippen LogP contribution in [0.4, 0.5) is 5.13 Å². The number of hydrogen-bond donors (Lipinski definition) is 1. The highest BCUT2D eigenvalue weighted by atomic mass is 32.1. The summed E-state index contributed by atoms with van der Waals surface area (Å²) in [6.45, 7) is 0. The molecule has 0 aliphatic heterocycles. The van der Waals surface area contributed by atoms with Crippen LogP contribution in [0.1, 0.15) is 12.0 Å². The molecule has 7 heteroatoms. The Balaban J connectivity index is 1.58. The molecule has 0 aliphatic rings. The highest BCUT2D eigenvalue weighted by molar-refractivity contribution is 7.14. The summed E-state index contributed by atoms with van der Waals surface area (Å²) in [6, 6.07) is 19.2. The first-order valence-corrected chi connectivity index (χ1v) is 11.0. The molecule has 1 amide bonds. The number of aromatic nitrogens is 1. The maximum atomic E-state index is 13.2. The van der Waals surface area contributed by atoms with Crippen LogP contribution in [0.25, 0.3) is 22.4 Å². The number of hydrogen-bond acceptors (Lipinski definition) is 5. The molecular weight excluding hydrogens is 424 g/mol. The fourth-order valence-corrected chi connectivity index (χ4v) is 4.44. The normalized spacial score (nSPS) is 11.8. The molecule has 0 spiro atoms. The van der Waals surface area contributed by atoms with E-state index in [2.05, 4.69) is 4.98 Å². The quantitative estimate of drug-likeness (QED) is 0.394. The fourth-order valence-electron chi connectivity index (χ4n) is 3.64. The highest BCUT2D eigenvalue weighted by Gasteiger charge is 2.27. The van der Waals surface area contributed by atoms with Crippen molar-refractivity contribution in [3.8, 4) is 22.4 Å². The van der Waals surface area contributed by atoms with E-state index in [9.17, 15) is 14.7 Å². The van der Waals surface area contributed by atoms with E-state index in [1.807, 2.05) is 66.0 Å². The molecular formula is C25H22N2O4S. The van der Waals surface area contributed by atoms with Crippen LogP contribution >= 0.6 is 11.3 Å². The maximum absolute atomic E-state index is 13.2. The van der Waals surface area contributed by atoms with E-state index < -0.39 is 11.9 Å². The molecule has 0 saturated carbocycles. The van der Waals surface area contributed by atoms with Gasteiger partial charge < -0.3 is 9.52 Å². The van der Waals surface area contributed by atoms with E-state index in [0.29, 0.717) is 11.6 Å². The van der Waals surface area contributed by atoms with Crippen LogP contribution in [0.2, 0.25) is 0 Å². The number of carbonyl (C=O) groups excluding carboxylic acids is 1. The number of carboxylic acids is 1. The molecule has 2 heterocycles. The first-order valence-electron chi connectivity index (χ1n) is 10.1. The molecule has 2 aromatic heterocycles. The molecule has 0 aliphatic carbocycles. The summed E-state index contributed by atoms with van der Waals surface area (Å²) in [5.41, 5.74) is 4.54. The molecule has 0 fully saturated rings. The van der Waals surface area contributed by atoms with Gasteiger partial charge in [-0.2, -0.15) is 0 Å². The van der Waals surface area contributed by atoms with Gasteiger partial charge in [0.2, 0.25) is 5.91 Å². The van der Waals surface area contributed by atoms with E-state index in [-0.39, 0.29) is 12.3 Å². The standard InChI is InChI=1S/C25H22N2O4S/c1-27(24(30)19(14-23(28)29)13-17-7-3-2-4-8-17)25-26-22(16-32-25)21-10-6-5-9-20(21)18-11-12-31-15-18/h2-12,15-16,19H,13-14H2,1H3,(H,28,29). The van der Waals surface area contributed by atoms with Crippen LogP contribution in [0.15, 0.2) is 83.0 Å². The van der Waals surface area contributed by atoms with Gasteiger partial charge in [0.15, 0.2) is 5.13 Å². The number of furan rings is 1. The lowest BCUT2D eigenvalue weighted by Gasteiger charge is -2.21. The van der Waals surface area contributed by atoms with Gasteiger partial charge in [-0.1, -0.05) is 54.6 Å². The minimum absolute atomic E-state index is 0.236. The second kappa shape index (κ2) is 9.62. The zero-order valence-electron chi connectivity index (χ0n) is 17.5. The van der Waals surface area contributed by atoms with Crippen molar-refractivity contribution < 1.29 is 19.1 Å². The Bertz CT molecular complexity index is 1200. The number of anilines is 1. The smallest absolute Gasteiger partial charge is 0.304 e. The molecule has 1 atom stereocenters. The Morgan fingerprint density at radius 2 is 1.78 bits per heavy atom. The van der Waals surface area contributed by atoms with Gasteiger partial charge in [0.05, 0.1) is 30.6 Å². The van der Waals surface area contributed by atoms with E-state index in [1.54, 1.807) is 19.6 Å². The van der Waals surface area contributed by atoms with Crippen LogP contribution < -0.4 is 4.90 Å². The van der Waals surface area contributed by atoms with E-state index in [4.69, 9.17) is 4.42 Å². The SMILES string of the molecule is CN(C(=O)C(CC(=O)O)Cc1ccccc1)c1nc(-c2ccccc2-c2ccoc2)cs1. The molecule has 0 bridgehead atoms. The van der Waals surface area contributed by atoms with E-state index >= 15 is 0 Å². The second-order valence-electron chi connectivity index (χ2n) is 7.45. The summed E-state index contributed by atoms with van der Waals surface area (Å²) >= 11 is 1.35. The topological polar surface area (TPSA) is 83.6 Å². The van der Waals surface area contributed by atoms with Crippen LogP contribution in [0.5, 0.6) is 0 Å². The lowest BCUT2D eigenvalue weighted by molar-refractivity contribution is -0.140. The van der Waals surface area contributed by atoms with Gasteiger partial charge in [0.1, 0.15) is 0 Å². The number of carbonyl (C=O) groups is 2. The minimum atomic E-state index is -0.999. The number of benzene rings is 2. The van der Waals surface area contributed by atoms with Gasteiger partial charge in [0, 0.05) is 23.6 Å². The number of carboxylic acid groups (broad SMARTS) is 1. The van der Waals surface area contributed by atoms with Gasteiger partial charge in [-0.05, 0) is 23.6 Å². The lowest BCUT2D eigenvalue weighted by Crippen LogP contribution is -2.35. The highest BCUT2D eigenvalue weighted by Crippen LogP contribution is 2.35. The van der Waals surface area contributed by atoms with Crippen molar-refractivity contribution in [3.05, 3.63) is 84.1 Å². The number of thiazole rings is 1. The molecule has 32 heavy (non-hydrogen) atoms. The molecule has 6 nitrogen and oxygen atoms in total. The van der Waals surface area contributed by atoms with Gasteiger partial charge >= 0.3 is 5.97 Å². The van der Waals surface area contributed by atoms with E-state index in [0.717, 1.165) is 27.9 Å². The van der Waals surface area contributed by atoms with Crippen LogP contribution in [0.3, 0.4) is 0 Å². The summed E-state index contributed by atoms with van der Waals surface area (Å²) in [7, 11) is 1.65. The summed E-state index contributed by atoms with van der Waals surface area (Å²) in [4.78, 5) is 30.8. The third kappa shape index (κ3) is 4.78. The zero-order chi connectivity index (χ0) is 22.5. The predicted molar refractivity (Wildman–Crippen MR) is 125 cm³/mol. The Morgan fingerprint density at radius 3 is 2.47 bits per heavy atom. The average Bonchev–Trinajstić information content (AvgIpc) is 3.50. The molecule has 0 saturated heterocycles. The second-order valence-corrected chi connectivity index (χ2v) is 8.29. The molecule has 1 unspecified atom stereocenters. The van der Waals surface area contributed by atoms with Gasteiger partial charge in [-0.3, -0.25) is 14.5 Å². The van der Waals surface area contributed by atoms with Crippen molar-refractivity contribution in [2.24, 2.45) is 5.92 Å². The maximum Gasteiger partial charge on any atom is 0.304 e. The molecule has 4 aromatic rings. The van der Waals surface area contributed by atoms with Gasteiger partial charge in [0.25, 0.3) is 0 Å². The van der Waals surface area contributed by atoms with Crippen molar-refractivity contribution in [3.63, 3.8) is 0 Å². The summed E-state index contributed by atoms with van der Waals surface area (Å²) in [5.74, 6) is -1.94. The van der Waals surface area contributed by atoms with Crippen molar-refractivity contribution >= 4 is 28.3 Å². The molecule has 0 radical (unpaired) electrons. The first-order chi connectivity index (χ1) is 15.5. The Kier molecular flexibility index (Phi) is 6.47. The summed E-state index contributed by atoms with van der Waals surface area (Å²) in [6.07, 6.45) is 3.43. The van der Waals surface area contributed by atoms with Crippen molar-refractivity contribution in [2.75, 3.05) is 11.9 Å². The van der Waals surface area contributed by atoms with E-state index in [1.165, 1.54) is 16.2 Å². The monoisotopic (exact) mass is 446 g/mol. The zero-order valence-corrected chi connectivity index (χ0v) is 18.3. The Labute approximate surface area is 189 Å². The number of amides is 1. The van der Waals surface area contributed by atoms with Crippen LogP contribution in [-0.4, -0.2) is 29.0 Å². The van der Waals surface area contributed by atoms with Crippen LogP contribution in [-0.2, 0) is 16.0 Å². The largest absolute Gasteiger partial charge is 0.481 e. The first kappa shape index (κ1) is 21.5. The lowest BCUT2D eigenvalue weighted by atomic mass is 9.95. The molecule has 4 rings (SSSR count). The Hall–Kier alpha value is -3.71. The van der Waals surface area contributed by atoms with Crippen molar-refractivity contribution in [2.45, 2.75) is 12.8 Å². The Morgan fingerprint density at radius 1 is 1.06 bits per heavy atom. The third-order valence-electron chi connectivity index (χ3n) is 5.24. The summed E-state index contributed by atoms with van der Waals surface area (Å²) < 4.78 is 5.22. The summed E-state index contributed by atoms with van der Waals surface area (Å²) in [5, 5.41) is 11.8. The molecule has 2 aromatic carbocycles. The third-order valence-corrected chi connectivity index (χ3v) is 6.16. The average molecular weight is 447 g/mol. The van der Waals surface area contributed by atoms with Crippen molar-refractivity contribution in [1.29, 1.82) is 0 Å².